The lowest BCUT2D eigenvalue weighted by Crippen LogP contribution is -2.33. The minimum Gasteiger partial charge on any atom is -0.465 e. The molecule has 0 radical (unpaired) electrons. The van der Waals surface area contributed by atoms with Gasteiger partial charge in [0.25, 0.3) is 0 Å². The van der Waals surface area contributed by atoms with Crippen LogP contribution in [0.5, 0.6) is 0 Å². The summed E-state index contributed by atoms with van der Waals surface area (Å²) in [5.74, 6) is 3.06. The van der Waals surface area contributed by atoms with Gasteiger partial charge in [-0.05, 0) is 71.6 Å². The molecule has 8 heteroatoms. The van der Waals surface area contributed by atoms with Crippen LogP contribution in [0.1, 0.15) is 110 Å². The molecular formula is C25H42N4O4. The van der Waals surface area contributed by atoms with Crippen LogP contribution < -0.4 is 5.32 Å². The van der Waals surface area contributed by atoms with Gasteiger partial charge in [-0.3, -0.25) is 9.59 Å². The van der Waals surface area contributed by atoms with Gasteiger partial charge in [-0.25, -0.2) is 0 Å². The van der Waals surface area contributed by atoms with Gasteiger partial charge >= 0.3 is 11.9 Å². The first-order valence-corrected chi connectivity index (χ1v) is 12.6. The van der Waals surface area contributed by atoms with E-state index in [1.165, 1.54) is 19.3 Å². The second-order valence-electron chi connectivity index (χ2n) is 11.1. The molecule has 1 N–H and O–H groups in total. The SMILES string of the molecule is CCOC(=O)CNC[C@@H](CC(=O)OC(C)(C)C)c1nnc(C2CC(CC(C)C)C2)n1C1CC1. The number of nitrogens with one attached hydrogen (secondary N) is 1. The molecule has 8 nitrogen and oxygen atoms in total. The van der Waals surface area contributed by atoms with E-state index in [4.69, 9.17) is 9.47 Å². The summed E-state index contributed by atoms with van der Waals surface area (Å²) in [6.07, 6.45) is 6.03. The van der Waals surface area contributed by atoms with Gasteiger partial charge < -0.3 is 19.4 Å². The molecule has 1 heterocycles. The number of rotatable bonds is 12. The lowest BCUT2D eigenvalue weighted by Gasteiger charge is -2.36. The second-order valence-corrected chi connectivity index (χ2v) is 11.1. The maximum Gasteiger partial charge on any atom is 0.319 e. The maximum atomic E-state index is 12.7. The summed E-state index contributed by atoms with van der Waals surface area (Å²) in [6, 6.07) is 0.417. The van der Waals surface area contributed by atoms with Crippen molar-refractivity contribution in [3.63, 3.8) is 0 Å². The van der Waals surface area contributed by atoms with Gasteiger partial charge in [-0.15, -0.1) is 10.2 Å². The van der Waals surface area contributed by atoms with Crippen LogP contribution in [0.4, 0.5) is 0 Å². The lowest BCUT2D eigenvalue weighted by molar-refractivity contribution is -0.155. The Labute approximate surface area is 198 Å². The van der Waals surface area contributed by atoms with E-state index in [9.17, 15) is 9.59 Å². The van der Waals surface area contributed by atoms with Crippen molar-refractivity contribution < 1.29 is 19.1 Å². The van der Waals surface area contributed by atoms with Gasteiger partial charge in [0.1, 0.15) is 17.2 Å². The molecule has 0 amide bonds. The third-order valence-electron chi connectivity index (χ3n) is 6.23. The summed E-state index contributed by atoms with van der Waals surface area (Å²) < 4.78 is 12.9. The molecule has 186 valence electrons. The van der Waals surface area contributed by atoms with Gasteiger partial charge in [-0.1, -0.05) is 13.8 Å². The number of esters is 2. The Morgan fingerprint density at radius 1 is 1.15 bits per heavy atom. The summed E-state index contributed by atoms with van der Waals surface area (Å²) >= 11 is 0. The zero-order valence-electron chi connectivity index (χ0n) is 21.2. The predicted molar refractivity (Wildman–Crippen MR) is 126 cm³/mol. The highest BCUT2D eigenvalue weighted by Gasteiger charge is 2.39. The lowest BCUT2D eigenvalue weighted by atomic mass is 9.71. The summed E-state index contributed by atoms with van der Waals surface area (Å²) in [7, 11) is 0. The first-order valence-electron chi connectivity index (χ1n) is 12.6. The molecule has 0 saturated heterocycles. The Balaban J connectivity index is 1.75. The van der Waals surface area contributed by atoms with Crippen molar-refractivity contribution in [1.82, 2.24) is 20.1 Å². The van der Waals surface area contributed by atoms with Gasteiger partial charge in [-0.2, -0.15) is 0 Å². The number of carbonyl (C=O) groups excluding carboxylic acids is 2. The van der Waals surface area contributed by atoms with E-state index in [0.29, 0.717) is 25.1 Å². The topological polar surface area (TPSA) is 95.3 Å². The molecule has 2 aliphatic rings. The van der Waals surface area contributed by atoms with Gasteiger partial charge in [0.2, 0.25) is 0 Å². The van der Waals surface area contributed by atoms with Crippen molar-refractivity contribution in [2.75, 3.05) is 19.7 Å². The van der Waals surface area contributed by atoms with Gasteiger partial charge in [0.05, 0.1) is 19.6 Å². The molecule has 2 saturated carbocycles. The first-order chi connectivity index (χ1) is 15.6. The van der Waals surface area contributed by atoms with Crippen LogP contribution in [0.25, 0.3) is 0 Å². The minimum absolute atomic E-state index is 0.0998. The molecule has 1 aromatic heterocycles. The van der Waals surface area contributed by atoms with Crippen LogP contribution >= 0.6 is 0 Å². The molecular weight excluding hydrogens is 420 g/mol. The fourth-order valence-corrected chi connectivity index (χ4v) is 4.78. The van der Waals surface area contributed by atoms with E-state index in [-0.39, 0.29) is 30.8 Å². The molecule has 3 rings (SSSR count). The average Bonchev–Trinajstić information content (AvgIpc) is 3.41. The van der Waals surface area contributed by atoms with E-state index >= 15 is 0 Å². The van der Waals surface area contributed by atoms with E-state index < -0.39 is 5.60 Å². The molecule has 0 bridgehead atoms. The van der Waals surface area contributed by atoms with Crippen LogP contribution in [0.2, 0.25) is 0 Å². The highest BCUT2D eigenvalue weighted by atomic mass is 16.6. The van der Waals surface area contributed by atoms with Crippen molar-refractivity contribution in [2.24, 2.45) is 11.8 Å². The third kappa shape index (κ3) is 7.52. The molecule has 0 unspecified atom stereocenters. The number of hydrogen-bond donors (Lipinski definition) is 1. The van der Waals surface area contributed by atoms with E-state index in [2.05, 4.69) is 33.9 Å². The molecule has 0 aliphatic heterocycles. The number of ether oxygens (including phenoxy) is 2. The van der Waals surface area contributed by atoms with Crippen molar-refractivity contribution in [3.05, 3.63) is 11.6 Å². The number of aromatic nitrogens is 3. The molecule has 0 spiro atoms. The number of carbonyl (C=O) groups is 2. The predicted octanol–water partition coefficient (Wildman–Crippen LogP) is 4.12. The molecule has 2 aliphatic carbocycles. The third-order valence-corrected chi connectivity index (χ3v) is 6.23. The average molecular weight is 463 g/mol. The van der Waals surface area contributed by atoms with Crippen LogP contribution in [-0.2, 0) is 19.1 Å². The maximum absolute atomic E-state index is 12.7. The fraction of sp³-hybridized carbons (Fsp3) is 0.840. The summed E-state index contributed by atoms with van der Waals surface area (Å²) in [5, 5.41) is 12.4. The molecule has 2 fully saturated rings. The highest BCUT2D eigenvalue weighted by Crippen LogP contribution is 2.47. The quantitative estimate of drug-likeness (QED) is 0.467. The second kappa shape index (κ2) is 11.0. The van der Waals surface area contributed by atoms with Crippen molar-refractivity contribution in [1.29, 1.82) is 0 Å². The van der Waals surface area contributed by atoms with Crippen LogP contribution in [-0.4, -0.2) is 52.0 Å². The van der Waals surface area contributed by atoms with Crippen molar-refractivity contribution in [2.45, 2.75) is 104 Å². The van der Waals surface area contributed by atoms with Crippen molar-refractivity contribution >= 4 is 11.9 Å². The molecule has 1 atom stereocenters. The van der Waals surface area contributed by atoms with Crippen molar-refractivity contribution in [3.8, 4) is 0 Å². The first kappa shape index (κ1) is 25.7. The summed E-state index contributed by atoms with van der Waals surface area (Å²) in [5.41, 5.74) is -0.549. The summed E-state index contributed by atoms with van der Waals surface area (Å²) in [6.45, 7) is 12.8. The zero-order valence-corrected chi connectivity index (χ0v) is 21.2. The number of hydrogen-bond acceptors (Lipinski definition) is 7. The Hall–Kier alpha value is -1.96. The molecule has 1 aromatic rings. The molecule has 33 heavy (non-hydrogen) atoms. The van der Waals surface area contributed by atoms with E-state index in [1.807, 2.05) is 20.8 Å². The highest BCUT2D eigenvalue weighted by molar-refractivity contribution is 5.72. The Bertz CT molecular complexity index is 804. The van der Waals surface area contributed by atoms with Gasteiger partial charge in [0, 0.05) is 24.4 Å². The van der Waals surface area contributed by atoms with E-state index in [1.54, 1.807) is 6.92 Å². The normalized spacial score (nSPS) is 21.5. The van der Waals surface area contributed by atoms with Crippen LogP contribution in [0.15, 0.2) is 0 Å². The monoisotopic (exact) mass is 462 g/mol. The van der Waals surface area contributed by atoms with Crippen LogP contribution in [0.3, 0.4) is 0 Å². The zero-order chi connectivity index (χ0) is 24.2. The largest absolute Gasteiger partial charge is 0.465 e. The smallest absolute Gasteiger partial charge is 0.319 e. The number of nitrogens with zero attached hydrogens (tertiary/aromatic N) is 3. The van der Waals surface area contributed by atoms with E-state index in [0.717, 1.165) is 36.3 Å². The van der Waals surface area contributed by atoms with Crippen LogP contribution in [0, 0.1) is 11.8 Å². The summed E-state index contributed by atoms with van der Waals surface area (Å²) in [4.78, 5) is 24.5. The molecule has 0 aromatic carbocycles. The van der Waals surface area contributed by atoms with Gasteiger partial charge in [0.15, 0.2) is 0 Å². The standard InChI is InChI=1S/C25H42N4O4/c1-7-32-22(31)15-26-14-19(13-21(30)33-25(4,5)6)24-28-27-23(29(24)20-8-9-20)18-11-17(12-18)10-16(2)3/h16-20,26H,7-15H2,1-6H3/t17?,18?,19-/m1/s1. The Kier molecular flexibility index (Phi) is 8.54. The Morgan fingerprint density at radius 2 is 1.85 bits per heavy atom. The Morgan fingerprint density at radius 3 is 2.42 bits per heavy atom. The minimum atomic E-state index is -0.549. The fourth-order valence-electron chi connectivity index (χ4n) is 4.78.